The first-order chi connectivity index (χ1) is 10.1. The topological polar surface area (TPSA) is 61.0 Å². The van der Waals surface area contributed by atoms with Gasteiger partial charge in [0.2, 0.25) is 0 Å². The zero-order chi connectivity index (χ0) is 16.5. The van der Waals surface area contributed by atoms with Crippen molar-refractivity contribution in [2.24, 2.45) is 0 Å². The third-order valence-electron chi connectivity index (χ3n) is 5.07. The van der Waals surface area contributed by atoms with Crippen LogP contribution in [-0.4, -0.2) is 30.6 Å². The van der Waals surface area contributed by atoms with Gasteiger partial charge in [0.25, 0.3) is 0 Å². The van der Waals surface area contributed by atoms with E-state index in [4.69, 9.17) is 10.2 Å². The molecule has 1 saturated carbocycles. The maximum Gasteiger partial charge on any atom is 0.192 e. The fraction of sp³-hybridized carbons (Fsp3) is 0.750. The minimum atomic E-state index is -1.93. The Bertz CT molecular complexity index is 501. The van der Waals surface area contributed by atoms with Crippen LogP contribution < -0.4 is 5.73 Å². The summed E-state index contributed by atoms with van der Waals surface area (Å²) in [5.41, 5.74) is 6.39. The fourth-order valence-electron chi connectivity index (χ4n) is 2.60. The lowest BCUT2D eigenvalue weighted by Gasteiger charge is -2.42. The highest BCUT2D eigenvalue weighted by Crippen LogP contribution is 2.41. The van der Waals surface area contributed by atoms with Crippen molar-refractivity contribution in [3.8, 4) is 0 Å². The summed E-state index contributed by atoms with van der Waals surface area (Å²) in [6, 6.07) is 0. The van der Waals surface area contributed by atoms with Gasteiger partial charge in [-0.05, 0) is 37.4 Å². The molecule has 0 aromatic carbocycles. The molecule has 1 heterocycles. The molecular weight excluding hydrogens is 297 g/mol. The average molecular weight is 326 g/mol. The van der Waals surface area contributed by atoms with Crippen LogP contribution in [0.25, 0.3) is 0 Å². The Morgan fingerprint density at radius 2 is 1.91 bits per heavy atom. The normalized spacial score (nSPS) is 26.9. The van der Waals surface area contributed by atoms with E-state index >= 15 is 0 Å². The molecule has 1 aliphatic carbocycles. The lowest BCUT2D eigenvalue weighted by molar-refractivity contribution is 0.0448. The number of anilines is 1. The summed E-state index contributed by atoms with van der Waals surface area (Å²) in [5.74, 6) is 0.512. The number of aromatic nitrogens is 2. The summed E-state index contributed by atoms with van der Waals surface area (Å²) in [7, 11) is -1.93. The molecule has 2 N–H and O–H groups in total. The van der Waals surface area contributed by atoms with Gasteiger partial charge in [-0.1, -0.05) is 20.8 Å². The number of rotatable bonds is 3. The Morgan fingerprint density at radius 3 is 2.41 bits per heavy atom. The molecular formula is C16H28FN3OSi. The molecule has 0 radical (unpaired) electrons. The largest absolute Gasteiger partial charge is 0.411 e. The molecule has 0 saturated heterocycles. The number of halogens is 1. The van der Waals surface area contributed by atoms with E-state index in [9.17, 15) is 4.39 Å². The van der Waals surface area contributed by atoms with E-state index < -0.39 is 14.5 Å². The van der Waals surface area contributed by atoms with E-state index in [2.05, 4.69) is 43.8 Å². The average Bonchev–Trinajstić information content (AvgIpc) is 2.40. The third-order valence-corrected chi connectivity index (χ3v) is 9.58. The van der Waals surface area contributed by atoms with Crippen molar-refractivity contribution in [2.45, 2.75) is 76.4 Å². The Balaban J connectivity index is 2.00. The number of hydrogen-bond acceptors (Lipinski definition) is 4. The first-order valence-corrected chi connectivity index (χ1v) is 10.9. The maximum absolute atomic E-state index is 14.6. The summed E-state index contributed by atoms with van der Waals surface area (Å²) in [4.78, 5) is 8.35. The second-order valence-corrected chi connectivity index (χ2v) is 12.6. The molecule has 0 aliphatic heterocycles. The Kier molecular flexibility index (Phi) is 4.92. The monoisotopic (exact) mass is 325 g/mol. The van der Waals surface area contributed by atoms with Gasteiger partial charge in [-0.25, -0.2) is 9.37 Å². The van der Waals surface area contributed by atoms with Crippen LogP contribution in [0.15, 0.2) is 12.4 Å². The van der Waals surface area contributed by atoms with Crippen LogP contribution in [0, 0.1) is 0 Å². The highest BCUT2D eigenvalue weighted by atomic mass is 28.4. The number of nitrogen functional groups attached to an aromatic ring is 1. The molecule has 3 atom stereocenters. The van der Waals surface area contributed by atoms with Gasteiger partial charge >= 0.3 is 0 Å². The second kappa shape index (κ2) is 6.24. The van der Waals surface area contributed by atoms with Gasteiger partial charge in [-0.3, -0.25) is 4.98 Å². The van der Waals surface area contributed by atoms with E-state index in [-0.39, 0.29) is 17.1 Å². The van der Waals surface area contributed by atoms with Crippen LogP contribution in [0.3, 0.4) is 0 Å². The molecule has 1 fully saturated rings. The third kappa shape index (κ3) is 3.84. The van der Waals surface area contributed by atoms with E-state index in [0.29, 0.717) is 12.2 Å². The van der Waals surface area contributed by atoms with Gasteiger partial charge in [-0.15, -0.1) is 0 Å². The first-order valence-electron chi connectivity index (χ1n) is 7.99. The first kappa shape index (κ1) is 17.3. The maximum atomic E-state index is 14.6. The zero-order valence-corrected chi connectivity index (χ0v) is 15.3. The second-order valence-electron chi connectivity index (χ2n) is 7.81. The van der Waals surface area contributed by atoms with E-state index in [1.165, 1.54) is 0 Å². The lowest BCUT2D eigenvalue weighted by atomic mass is 9.84. The molecule has 6 heteroatoms. The fourth-order valence-corrected chi connectivity index (χ4v) is 3.98. The predicted molar refractivity (Wildman–Crippen MR) is 90.0 cm³/mol. The minimum absolute atomic E-state index is 0.103. The van der Waals surface area contributed by atoms with Gasteiger partial charge in [0, 0.05) is 5.92 Å². The van der Waals surface area contributed by atoms with Crippen molar-refractivity contribution in [3.05, 3.63) is 18.1 Å². The van der Waals surface area contributed by atoms with Crippen LogP contribution in [0.1, 0.15) is 51.6 Å². The molecule has 0 bridgehead atoms. The SMILES string of the molecule is CC(C)(C)[Si](C)(C)O[C@H]1CCC(c2cnc(N)cn2)C[C@@H]1F. The van der Waals surface area contributed by atoms with Gasteiger partial charge in [0.15, 0.2) is 8.32 Å². The van der Waals surface area contributed by atoms with E-state index in [1.54, 1.807) is 12.4 Å². The van der Waals surface area contributed by atoms with Crippen LogP contribution in [0.2, 0.25) is 18.1 Å². The molecule has 4 nitrogen and oxygen atoms in total. The Hall–Kier alpha value is -1.01. The molecule has 1 unspecified atom stereocenters. The molecule has 2 rings (SSSR count). The summed E-state index contributed by atoms with van der Waals surface area (Å²) in [6.07, 6.45) is 4.08. The van der Waals surface area contributed by atoms with Crippen molar-refractivity contribution in [2.75, 3.05) is 5.73 Å². The van der Waals surface area contributed by atoms with Crippen LogP contribution in [-0.2, 0) is 4.43 Å². The van der Waals surface area contributed by atoms with Crippen molar-refractivity contribution < 1.29 is 8.82 Å². The minimum Gasteiger partial charge on any atom is -0.411 e. The van der Waals surface area contributed by atoms with Crippen molar-refractivity contribution in [1.82, 2.24) is 9.97 Å². The standard InChI is InChI=1S/C16H28FN3OSi/c1-16(2,3)22(4,5)21-14-7-6-11(8-12(14)17)13-9-20-15(18)10-19-13/h9-12,14H,6-8H2,1-5H3,(H2,18,20)/t11?,12-,14-/m0/s1. The summed E-state index contributed by atoms with van der Waals surface area (Å²) in [6.45, 7) is 10.9. The van der Waals surface area contributed by atoms with Crippen molar-refractivity contribution in [1.29, 1.82) is 0 Å². The Labute approximate surface area is 133 Å². The molecule has 0 spiro atoms. The van der Waals surface area contributed by atoms with Gasteiger partial charge in [0.05, 0.1) is 24.2 Å². The van der Waals surface area contributed by atoms with E-state index in [0.717, 1.165) is 18.5 Å². The number of hydrogen-bond donors (Lipinski definition) is 1. The van der Waals surface area contributed by atoms with Gasteiger partial charge < -0.3 is 10.2 Å². The van der Waals surface area contributed by atoms with Gasteiger partial charge in [0.1, 0.15) is 12.0 Å². The molecule has 22 heavy (non-hydrogen) atoms. The smallest absolute Gasteiger partial charge is 0.192 e. The summed E-state index contributed by atoms with van der Waals surface area (Å²) in [5, 5.41) is 0.103. The number of alkyl halides is 1. The predicted octanol–water partition coefficient (Wildman–Crippen LogP) is 4.05. The summed E-state index contributed by atoms with van der Waals surface area (Å²) >= 11 is 0. The summed E-state index contributed by atoms with van der Waals surface area (Å²) < 4.78 is 20.9. The van der Waals surface area contributed by atoms with Crippen molar-refractivity contribution >= 4 is 14.1 Å². The van der Waals surface area contributed by atoms with Crippen LogP contribution in [0.5, 0.6) is 0 Å². The highest BCUT2D eigenvalue weighted by molar-refractivity contribution is 6.74. The van der Waals surface area contributed by atoms with Gasteiger partial charge in [-0.2, -0.15) is 0 Å². The molecule has 124 valence electrons. The molecule has 1 aromatic heterocycles. The lowest BCUT2D eigenvalue weighted by Crippen LogP contribution is -2.47. The Morgan fingerprint density at radius 1 is 1.23 bits per heavy atom. The number of nitrogens with two attached hydrogens (primary N) is 1. The molecule has 1 aromatic rings. The van der Waals surface area contributed by atoms with E-state index in [1.807, 2.05) is 0 Å². The van der Waals surface area contributed by atoms with Crippen LogP contribution >= 0.6 is 0 Å². The van der Waals surface area contributed by atoms with Crippen LogP contribution in [0.4, 0.5) is 10.2 Å². The number of nitrogens with zero attached hydrogens (tertiary/aromatic N) is 2. The zero-order valence-electron chi connectivity index (χ0n) is 14.3. The quantitative estimate of drug-likeness (QED) is 0.852. The highest BCUT2D eigenvalue weighted by Gasteiger charge is 2.42. The molecule has 1 aliphatic rings. The molecule has 0 amide bonds. The van der Waals surface area contributed by atoms with Crippen molar-refractivity contribution in [3.63, 3.8) is 0 Å².